The number of methoxy groups -OCH3 is 3. The molecule has 0 aliphatic heterocycles. The molecule has 14 aliphatic rings. The van der Waals surface area contributed by atoms with Gasteiger partial charge in [0.05, 0.1) is 25.4 Å². The van der Waals surface area contributed by atoms with Gasteiger partial charge < -0.3 is 24.1 Å². The molecule has 6 nitrogen and oxygen atoms in total. The Bertz CT molecular complexity index is 2460. The number of carbonyl (C=O) groups is 2. The molecule has 0 heterocycles. The SMILES string of the molecule is CCC(/C=C/[C@@H](C)C1CCC2C3CC=C4C[C@H](O)CC[C@]4(C)C3CC[C@@]21C)C(C)C.COC(=O)CC[C@@H](C)C1CCC2C3C[C@@H](OC)C45CC4CC[C@]5(C)C3CC[C@@]21C.CO[C@@H]1CC2C3CCC([C@H](C)C=O)[C@@]3(C)CCC2[C@@]2(C)CCC3CC312. The van der Waals surface area contributed by atoms with Crippen LogP contribution in [0.3, 0.4) is 0 Å². The van der Waals surface area contributed by atoms with E-state index in [4.69, 9.17) is 14.2 Å². The van der Waals surface area contributed by atoms with Crippen molar-refractivity contribution in [3.63, 3.8) is 0 Å². The standard InChI is InChI=1S/C29H48O.C26H42O3.C23H36O2/c1-7-21(19(2)3)9-8-20(4)25-12-13-26-24-11-10-22-18-23(30)14-16-28(22,5)27(24)15-17-29(25,26)6;1-16(6-9-23(27)29-5)19-7-8-20-18-14-22(28-4)26-15-17(26)10-13-25(26,3)21(18)11-12-24(19,20)2;1-14(13-24)17-5-6-18-16-11-20(25-4)23-12-15(23)7-10-22(23,3)19(16)8-9-21(17,18)2/h8-10,19-21,23-27,30H,7,11-18H2,1-6H3;16-22H,6-15H2,1-5H3;13-20H,5-12H2,1-4H3/b9-8+;;/t20-,21?,23-,24?,25?,26?,27?,28+,29-;16-,17?,18?,19?,20?,21?,22-,24-,25-,26?;14-,15?,16?,17?,18?,19?,20-,21-,22-,23?/m111/s1. The number of rotatable bonds is 13. The first kappa shape index (κ1) is 62.7. The summed E-state index contributed by atoms with van der Waals surface area (Å²) in [5, 5.41) is 10.2. The van der Waals surface area contributed by atoms with Gasteiger partial charge in [0.2, 0.25) is 0 Å². The van der Waals surface area contributed by atoms with Crippen LogP contribution in [0.5, 0.6) is 0 Å². The van der Waals surface area contributed by atoms with Crippen molar-refractivity contribution < 1.29 is 28.9 Å². The molecule has 0 radical (unpaired) electrons. The summed E-state index contributed by atoms with van der Waals surface area (Å²) in [5.74, 6) is 15.0. The Labute approximate surface area is 514 Å². The molecule has 1 N–H and O–H groups in total. The molecule has 474 valence electrons. The van der Waals surface area contributed by atoms with Gasteiger partial charge in [-0.2, -0.15) is 0 Å². The normalized spacial score (nSPS) is 52.6. The highest BCUT2D eigenvalue weighted by Gasteiger charge is 2.79. The summed E-state index contributed by atoms with van der Waals surface area (Å²) in [5.41, 5.74) is 5.47. The summed E-state index contributed by atoms with van der Waals surface area (Å²) >= 11 is 0. The molecular weight excluding hydrogens is 1030 g/mol. The van der Waals surface area contributed by atoms with E-state index in [9.17, 15) is 14.7 Å². The van der Waals surface area contributed by atoms with Gasteiger partial charge >= 0.3 is 5.97 Å². The molecule has 6 heteroatoms. The molecule has 13 saturated carbocycles. The van der Waals surface area contributed by atoms with Gasteiger partial charge in [-0.25, -0.2) is 0 Å². The second-order valence-electron chi connectivity index (χ2n) is 35.5. The van der Waals surface area contributed by atoms with E-state index in [1.807, 2.05) is 14.2 Å². The predicted octanol–water partition coefficient (Wildman–Crippen LogP) is 18.8. The van der Waals surface area contributed by atoms with Crippen molar-refractivity contribution in [1.82, 2.24) is 0 Å². The lowest BCUT2D eigenvalue weighted by Gasteiger charge is -2.61. The maximum absolute atomic E-state index is 11.7. The Morgan fingerprint density at radius 2 is 1.10 bits per heavy atom. The van der Waals surface area contributed by atoms with Gasteiger partial charge in [0.1, 0.15) is 6.29 Å². The van der Waals surface area contributed by atoms with Crippen LogP contribution in [0.4, 0.5) is 0 Å². The fraction of sp³-hybridized carbons (Fsp3) is 0.923. The minimum Gasteiger partial charge on any atom is -0.469 e. The number of fused-ring (bicyclic) bond motifs is 13. The van der Waals surface area contributed by atoms with Gasteiger partial charge in [0.15, 0.2) is 0 Å². The number of hydrogen-bond donors (Lipinski definition) is 1. The predicted molar refractivity (Wildman–Crippen MR) is 341 cm³/mol. The number of hydrogen-bond acceptors (Lipinski definition) is 6. The van der Waals surface area contributed by atoms with Crippen LogP contribution < -0.4 is 0 Å². The average Bonchev–Trinajstić information content (AvgIpc) is 1.49. The first-order valence-corrected chi connectivity index (χ1v) is 36.6. The van der Waals surface area contributed by atoms with E-state index in [1.54, 1.807) is 5.57 Å². The molecule has 0 aromatic rings. The van der Waals surface area contributed by atoms with Crippen molar-refractivity contribution in [2.75, 3.05) is 21.3 Å². The third-order valence-electron chi connectivity index (χ3n) is 33.1. The first-order chi connectivity index (χ1) is 39.9. The minimum absolute atomic E-state index is 0.0473. The average molecular weight is 1160 g/mol. The van der Waals surface area contributed by atoms with E-state index >= 15 is 0 Å². The molecule has 17 unspecified atom stereocenters. The number of aliphatic hydroxyl groups is 1. The highest BCUT2D eigenvalue weighted by Crippen LogP contribution is 2.84. The molecule has 14 rings (SSSR count). The van der Waals surface area contributed by atoms with Crippen LogP contribution in [0.25, 0.3) is 0 Å². The third kappa shape index (κ3) is 9.25. The molecule has 0 aromatic carbocycles. The lowest BCUT2D eigenvalue weighted by atomic mass is 9.45. The number of ether oxygens (including phenoxy) is 3. The number of aldehydes is 1. The Balaban J connectivity index is 0.000000124. The summed E-state index contributed by atoms with van der Waals surface area (Å²) in [4.78, 5) is 23.2. The third-order valence-corrected chi connectivity index (χ3v) is 33.1. The van der Waals surface area contributed by atoms with Gasteiger partial charge in [0.25, 0.3) is 0 Å². The molecular formula is C78H126O6. The van der Waals surface area contributed by atoms with Crippen molar-refractivity contribution in [3.8, 4) is 0 Å². The largest absolute Gasteiger partial charge is 0.469 e. The van der Waals surface area contributed by atoms with Crippen molar-refractivity contribution in [2.45, 2.75) is 275 Å². The summed E-state index contributed by atoms with van der Waals surface area (Å²) in [6.07, 6.45) is 45.1. The summed E-state index contributed by atoms with van der Waals surface area (Å²) in [7, 11) is 5.47. The van der Waals surface area contributed by atoms with E-state index in [2.05, 4.69) is 101 Å². The van der Waals surface area contributed by atoms with Crippen LogP contribution in [-0.2, 0) is 23.8 Å². The van der Waals surface area contributed by atoms with Crippen molar-refractivity contribution in [3.05, 3.63) is 23.8 Å². The second kappa shape index (κ2) is 22.7. The lowest BCUT2D eigenvalue weighted by molar-refractivity contribution is -0.161. The Morgan fingerprint density at radius 3 is 1.58 bits per heavy atom. The summed E-state index contributed by atoms with van der Waals surface area (Å²) < 4.78 is 17.3. The van der Waals surface area contributed by atoms with E-state index in [1.165, 1.54) is 161 Å². The Morgan fingerprint density at radius 1 is 0.595 bits per heavy atom. The Kier molecular flexibility index (Phi) is 16.9. The molecule has 0 amide bonds. The van der Waals surface area contributed by atoms with Crippen molar-refractivity contribution in [1.29, 1.82) is 0 Å². The topological polar surface area (TPSA) is 82.1 Å². The smallest absolute Gasteiger partial charge is 0.305 e. The zero-order valence-electron chi connectivity index (χ0n) is 56.6. The number of esters is 1. The van der Waals surface area contributed by atoms with Crippen LogP contribution in [0.1, 0.15) is 256 Å². The highest BCUT2D eigenvalue weighted by atomic mass is 16.5. The zero-order chi connectivity index (χ0) is 59.9. The second-order valence-corrected chi connectivity index (χ2v) is 35.5. The quantitative estimate of drug-likeness (QED) is 0.112. The fourth-order valence-electron chi connectivity index (χ4n) is 28.6. The van der Waals surface area contributed by atoms with Crippen LogP contribution >= 0.6 is 0 Å². The molecule has 0 aromatic heterocycles. The van der Waals surface area contributed by atoms with Gasteiger partial charge in [-0.3, -0.25) is 4.79 Å². The highest BCUT2D eigenvalue weighted by molar-refractivity contribution is 5.69. The number of aliphatic hydroxyl groups excluding tert-OH is 1. The van der Waals surface area contributed by atoms with E-state index in [0.29, 0.717) is 79.7 Å². The van der Waals surface area contributed by atoms with Gasteiger partial charge in [-0.1, -0.05) is 107 Å². The maximum Gasteiger partial charge on any atom is 0.305 e. The van der Waals surface area contributed by atoms with Crippen LogP contribution in [0.15, 0.2) is 23.8 Å². The fourth-order valence-corrected chi connectivity index (χ4v) is 28.6. The van der Waals surface area contributed by atoms with E-state index in [0.717, 1.165) is 108 Å². The monoisotopic (exact) mass is 1160 g/mol. The van der Waals surface area contributed by atoms with Gasteiger partial charge in [-0.05, 0) is 306 Å². The molecule has 84 heavy (non-hydrogen) atoms. The molecule has 29 atom stereocenters. The molecule has 13 fully saturated rings. The maximum atomic E-state index is 11.7. The van der Waals surface area contributed by atoms with Crippen LogP contribution in [-0.4, -0.2) is 57.0 Å². The first-order valence-electron chi connectivity index (χ1n) is 36.6. The number of allylic oxidation sites excluding steroid dienone is 3. The van der Waals surface area contributed by atoms with E-state index < -0.39 is 0 Å². The molecule has 0 bridgehead atoms. The number of carbonyl (C=O) groups excluding carboxylic acids is 2. The Hall–Kier alpha value is -1.50. The minimum atomic E-state index is -0.0870. The molecule has 14 aliphatic carbocycles. The van der Waals surface area contributed by atoms with Gasteiger partial charge in [0, 0.05) is 37.4 Å². The summed E-state index contributed by atoms with van der Waals surface area (Å²) in [6, 6.07) is 0. The van der Waals surface area contributed by atoms with E-state index in [-0.39, 0.29) is 18.0 Å². The van der Waals surface area contributed by atoms with Crippen molar-refractivity contribution >= 4 is 12.3 Å². The zero-order valence-corrected chi connectivity index (χ0v) is 56.6. The summed E-state index contributed by atoms with van der Waals surface area (Å²) in [6.45, 7) is 29.8. The lowest BCUT2D eigenvalue weighted by Crippen LogP contribution is -2.57. The molecule has 2 spiro atoms. The van der Waals surface area contributed by atoms with Crippen LogP contribution in [0, 0.1) is 156 Å². The van der Waals surface area contributed by atoms with Gasteiger partial charge in [-0.15, -0.1) is 0 Å². The van der Waals surface area contributed by atoms with Crippen LogP contribution in [0.2, 0.25) is 0 Å². The van der Waals surface area contributed by atoms with Crippen molar-refractivity contribution in [2.24, 2.45) is 156 Å². The molecule has 0 saturated heterocycles.